The van der Waals surface area contributed by atoms with E-state index in [1.807, 2.05) is 34.8 Å². The molecule has 0 radical (unpaired) electrons. The third-order valence-electron chi connectivity index (χ3n) is 28.8. The Morgan fingerprint density at radius 3 is 0.729 bits per heavy atom. The fourth-order valence-corrected chi connectivity index (χ4v) is 23.8. The van der Waals surface area contributed by atoms with Crippen molar-refractivity contribution < 1.29 is 4.42 Å². The van der Waals surface area contributed by atoms with Crippen molar-refractivity contribution in [3.63, 3.8) is 0 Å². The third kappa shape index (κ3) is 15.5. The van der Waals surface area contributed by atoms with Gasteiger partial charge < -0.3 is 18.1 Å². The minimum absolute atomic E-state index is 0.920. The molecule has 0 saturated heterocycles. The summed E-state index contributed by atoms with van der Waals surface area (Å²) in [4.78, 5) is 0. The molecular formula is C138H89N3OS2. The van der Waals surface area contributed by atoms with Crippen molar-refractivity contribution in [2.45, 2.75) is 0 Å². The van der Waals surface area contributed by atoms with Crippen LogP contribution in [0.15, 0.2) is 544 Å². The Kier molecular flexibility index (Phi) is 21.3. The summed E-state index contributed by atoms with van der Waals surface area (Å²) < 4.78 is 18.9. The maximum Gasteiger partial charge on any atom is 0.143 e. The van der Waals surface area contributed by atoms with Gasteiger partial charge in [-0.15, -0.1) is 22.7 Å². The second kappa shape index (κ2) is 36.2. The molecule has 0 aliphatic carbocycles. The van der Waals surface area contributed by atoms with Gasteiger partial charge in [-0.3, -0.25) is 0 Å². The fourth-order valence-electron chi connectivity index (χ4n) is 21.7. The number of benzene rings is 23. The van der Waals surface area contributed by atoms with Gasteiger partial charge in [0.1, 0.15) is 11.2 Å². The highest BCUT2D eigenvalue weighted by Gasteiger charge is 2.23. The van der Waals surface area contributed by atoms with Gasteiger partial charge in [-0.1, -0.05) is 382 Å². The van der Waals surface area contributed by atoms with Crippen LogP contribution in [0.4, 0.5) is 0 Å². The van der Waals surface area contributed by atoms with Crippen LogP contribution in [0.2, 0.25) is 0 Å². The Balaban J connectivity index is 0.000000108. The molecule has 0 unspecified atom stereocenters. The molecule has 0 N–H and O–H groups in total. The van der Waals surface area contributed by atoms with Gasteiger partial charge in [0, 0.05) is 106 Å². The minimum atomic E-state index is 0.920. The molecule has 0 aliphatic heterocycles. The molecule has 674 valence electrons. The summed E-state index contributed by atoms with van der Waals surface area (Å²) in [7, 11) is 0. The predicted molar refractivity (Wildman–Crippen MR) is 615 cm³/mol. The van der Waals surface area contributed by atoms with Gasteiger partial charge in [-0.2, -0.15) is 0 Å². The molecule has 4 nitrogen and oxygen atoms in total. The van der Waals surface area contributed by atoms with Crippen molar-refractivity contribution in [1.82, 2.24) is 13.7 Å². The van der Waals surface area contributed by atoms with Gasteiger partial charge >= 0.3 is 0 Å². The average molecular weight is 1870 g/mol. The van der Waals surface area contributed by atoms with Crippen LogP contribution in [0, 0.1) is 0 Å². The Morgan fingerprint density at radius 1 is 0.132 bits per heavy atom. The largest absolute Gasteiger partial charge is 0.455 e. The highest BCUT2D eigenvalue weighted by atomic mass is 32.1. The average Bonchev–Trinajstić information content (AvgIpc) is 1.60. The fraction of sp³-hybridized carbons (Fsp3) is 0. The molecular weight excluding hydrogens is 1780 g/mol. The lowest BCUT2D eigenvalue weighted by molar-refractivity contribution is 0.670. The number of hydrogen-bond donors (Lipinski definition) is 0. The smallest absolute Gasteiger partial charge is 0.143 e. The molecule has 0 amide bonds. The Bertz CT molecular complexity index is 9900. The summed E-state index contributed by atoms with van der Waals surface area (Å²) in [5, 5.41) is 15.0. The normalized spacial score (nSPS) is 11.6. The summed E-state index contributed by atoms with van der Waals surface area (Å²) in [6.45, 7) is 0. The van der Waals surface area contributed by atoms with E-state index >= 15 is 0 Å². The predicted octanol–water partition coefficient (Wildman–Crippen LogP) is 39.3. The van der Waals surface area contributed by atoms with E-state index in [0.29, 0.717) is 0 Å². The van der Waals surface area contributed by atoms with E-state index in [-0.39, 0.29) is 0 Å². The number of aromatic nitrogens is 3. The Morgan fingerprint density at radius 2 is 0.368 bits per heavy atom. The number of fused-ring (bicyclic) bond motifs is 18. The van der Waals surface area contributed by atoms with Crippen molar-refractivity contribution >= 4 is 150 Å². The topological polar surface area (TPSA) is 27.9 Å². The van der Waals surface area contributed by atoms with E-state index in [1.54, 1.807) is 0 Å². The van der Waals surface area contributed by atoms with Crippen LogP contribution >= 0.6 is 22.7 Å². The van der Waals surface area contributed by atoms with E-state index in [2.05, 4.69) is 541 Å². The lowest BCUT2D eigenvalue weighted by atomic mass is 9.98. The van der Waals surface area contributed by atoms with Crippen LogP contribution in [0.1, 0.15) is 0 Å². The van der Waals surface area contributed by atoms with Gasteiger partial charge in [-0.25, -0.2) is 0 Å². The van der Waals surface area contributed by atoms with Gasteiger partial charge in [0.25, 0.3) is 0 Å². The van der Waals surface area contributed by atoms with Gasteiger partial charge in [0.05, 0.1) is 33.1 Å². The molecule has 0 fully saturated rings. The molecule has 0 spiro atoms. The molecule has 29 rings (SSSR count). The highest BCUT2D eigenvalue weighted by Crippen LogP contribution is 2.48. The molecule has 0 aliphatic rings. The Hall–Kier alpha value is -18.3. The first-order chi connectivity index (χ1) is 71.3. The Labute approximate surface area is 841 Å². The minimum Gasteiger partial charge on any atom is -0.455 e. The maximum absolute atomic E-state index is 6.38. The molecule has 6 aromatic heterocycles. The van der Waals surface area contributed by atoms with Crippen LogP contribution in [-0.4, -0.2) is 13.7 Å². The van der Waals surface area contributed by atoms with Crippen molar-refractivity contribution in [3.05, 3.63) is 540 Å². The lowest BCUT2D eigenvalue weighted by Crippen LogP contribution is -1.96. The van der Waals surface area contributed by atoms with E-state index in [1.165, 1.54) is 217 Å². The van der Waals surface area contributed by atoms with Crippen LogP contribution in [0.25, 0.3) is 267 Å². The number of nitrogens with zero attached hydrogens (tertiary/aromatic N) is 3. The summed E-state index contributed by atoms with van der Waals surface area (Å²) in [5.41, 5.74) is 39.3. The maximum atomic E-state index is 6.38. The standard InChI is InChI=1S/2C48H31NS.C42H27NO/c1-4-12-32(13-5-1)35-21-24-47-43(30-35)44-31-37(22-25-48(44)50-47)36-20-23-46-42(29-36)41-18-10-11-19-45(41)49(46)40-27-38(33-14-6-2-7-15-33)26-39(28-40)34-16-8-3-9-17-34;1-4-10-32(11-5-1)35-16-22-40(23-17-35)49-45-24-18-36(33-12-6-2-7-13-33)28-41(45)42-29-38(19-25-46(42)49)39-21-27-48-44(31-39)43-30-37(20-26-47(43)50-48)34-14-8-3-9-15-34;1-2-9-28(10-3-1)29-17-19-30(20-18-29)31-21-24-33(25-22-31)43-39-15-6-4-11-35(39)38-27-32(23-26-40(38)43)34-13-8-14-37-36-12-5-7-16-41(36)44-42(34)37/h2*1-31H;1-27H. The van der Waals surface area contributed by atoms with Crippen molar-refractivity contribution in [2.24, 2.45) is 0 Å². The quantitative estimate of drug-likeness (QED) is 0.107. The van der Waals surface area contributed by atoms with E-state index in [0.717, 1.165) is 50.1 Å². The molecule has 144 heavy (non-hydrogen) atoms. The first-order valence-electron chi connectivity index (χ1n) is 49.2. The molecule has 29 aromatic rings. The number of para-hydroxylation sites is 4. The van der Waals surface area contributed by atoms with Gasteiger partial charge in [-0.05, 0) is 275 Å². The van der Waals surface area contributed by atoms with Gasteiger partial charge in [0.2, 0.25) is 0 Å². The third-order valence-corrected chi connectivity index (χ3v) is 31.1. The number of hydrogen-bond acceptors (Lipinski definition) is 3. The second-order valence-corrected chi connectivity index (χ2v) is 39.5. The van der Waals surface area contributed by atoms with Crippen molar-refractivity contribution in [1.29, 1.82) is 0 Å². The van der Waals surface area contributed by atoms with Crippen LogP contribution < -0.4 is 0 Å². The van der Waals surface area contributed by atoms with E-state index < -0.39 is 0 Å². The zero-order valence-corrected chi connectivity index (χ0v) is 80.1. The first-order valence-corrected chi connectivity index (χ1v) is 50.8. The van der Waals surface area contributed by atoms with Crippen molar-refractivity contribution in [3.8, 4) is 139 Å². The zero-order valence-electron chi connectivity index (χ0n) is 78.5. The summed E-state index contributed by atoms with van der Waals surface area (Å²) in [5.74, 6) is 0. The first kappa shape index (κ1) is 84.9. The van der Waals surface area contributed by atoms with Gasteiger partial charge in [0.15, 0.2) is 0 Å². The monoisotopic (exact) mass is 1870 g/mol. The van der Waals surface area contributed by atoms with Crippen molar-refractivity contribution in [2.75, 3.05) is 0 Å². The number of thiophene rings is 2. The molecule has 6 heterocycles. The lowest BCUT2D eigenvalue weighted by Gasteiger charge is -2.14. The molecule has 0 bridgehead atoms. The summed E-state index contributed by atoms with van der Waals surface area (Å²) in [6, 6.07) is 196. The SMILES string of the molecule is c1ccc(-c2cc(-c3ccccc3)cc(-n3c4ccccc4c4cc(-c5ccc6sc7ccc(-c8ccccc8)cc7c6c5)ccc43)c2)cc1.c1ccc(-c2ccc(-c3ccc(-n4c5ccccc5c5cc(-c6cccc7c6oc6ccccc67)ccc54)cc3)cc2)cc1.c1ccc(-c2ccc(-n3c4ccc(-c5ccccc5)cc4c4cc(-c5ccc6sc7ccc(-c8ccccc8)cc7c6c5)ccc43)cc2)cc1. The van der Waals surface area contributed by atoms with Crippen LogP contribution in [-0.2, 0) is 0 Å². The molecule has 6 heteroatoms. The molecule has 0 saturated carbocycles. The van der Waals surface area contributed by atoms with E-state index in [9.17, 15) is 0 Å². The number of furan rings is 1. The second-order valence-electron chi connectivity index (χ2n) is 37.3. The zero-order chi connectivity index (χ0) is 95.1. The highest BCUT2D eigenvalue weighted by molar-refractivity contribution is 7.26. The number of rotatable bonds is 14. The molecule has 0 atom stereocenters. The summed E-state index contributed by atoms with van der Waals surface area (Å²) in [6.07, 6.45) is 0. The van der Waals surface area contributed by atoms with Crippen LogP contribution in [0.5, 0.6) is 0 Å². The van der Waals surface area contributed by atoms with Crippen LogP contribution in [0.3, 0.4) is 0 Å². The van der Waals surface area contributed by atoms with E-state index in [4.69, 9.17) is 4.42 Å². The molecule has 23 aromatic carbocycles. The summed E-state index contributed by atoms with van der Waals surface area (Å²) >= 11 is 3.74.